The lowest BCUT2D eigenvalue weighted by Crippen LogP contribution is -2.37. The molecule has 0 fully saturated rings. The van der Waals surface area contributed by atoms with Crippen LogP contribution >= 0.6 is 11.3 Å². The van der Waals surface area contributed by atoms with Gasteiger partial charge in [0.2, 0.25) is 0 Å². The lowest BCUT2D eigenvalue weighted by molar-refractivity contribution is 0.0907. The highest BCUT2D eigenvalue weighted by Gasteiger charge is 2.38. The zero-order valence-corrected chi connectivity index (χ0v) is 17.1. The van der Waals surface area contributed by atoms with Gasteiger partial charge in [0.1, 0.15) is 14.1 Å². The largest absolute Gasteiger partial charge is 0.381 e. The molecule has 0 aromatic carbocycles. The van der Waals surface area contributed by atoms with Crippen LogP contribution in [0.25, 0.3) is 0 Å². The Morgan fingerprint density at radius 3 is 2.64 bits per heavy atom. The highest BCUT2D eigenvalue weighted by Crippen LogP contribution is 2.40. The van der Waals surface area contributed by atoms with Crippen molar-refractivity contribution in [2.45, 2.75) is 68.5 Å². The van der Waals surface area contributed by atoms with E-state index in [2.05, 4.69) is 39.2 Å². The Labute approximate surface area is 139 Å². The Kier molecular flexibility index (Phi) is 4.96. The molecule has 0 radical (unpaired) electrons. The van der Waals surface area contributed by atoms with Gasteiger partial charge in [-0.2, -0.15) is 0 Å². The number of hydrogen-bond acceptors (Lipinski definition) is 4. The molecule has 1 aromatic rings. The van der Waals surface area contributed by atoms with Crippen molar-refractivity contribution < 1.29 is 8.95 Å². The number of aryl methyl sites for hydroxylation is 1. The first-order chi connectivity index (χ1) is 9.98. The molecule has 2 atom stereocenters. The van der Waals surface area contributed by atoms with Gasteiger partial charge >= 0.3 is 0 Å². The van der Waals surface area contributed by atoms with Gasteiger partial charge in [0, 0.05) is 13.5 Å². The van der Waals surface area contributed by atoms with Crippen LogP contribution in [0.15, 0.2) is 13.6 Å². The van der Waals surface area contributed by atoms with Crippen LogP contribution in [-0.2, 0) is 27.5 Å². The van der Waals surface area contributed by atoms with Crippen LogP contribution in [0.2, 0.25) is 18.1 Å². The van der Waals surface area contributed by atoms with Crippen molar-refractivity contribution in [1.82, 2.24) is 0 Å². The molecule has 2 rings (SSSR count). The Balaban J connectivity index is 2.48. The van der Waals surface area contributed by atoms with E-state index in [9.17, 15) is 4.21 Å². The molecule has 0 aliphatic heterocycles. The molecule has 2 unspecified atom stereocenters. The molecule has 0 spiro atoms. The molecule has 1 aliphatic rings. The summed E-state index contributed by atoms with van der Waals surface area (Å²) in [6.45, 7) is 10.7. The summed E-state index contributed by atoms with van der Waals surface area (Å²) >= 11 is 1.51. The summed E-state index contributed by atoms with van der Waals surface area (Å²) in [5, 5.41) is 8.37. The molecule has 126 valence electrons. The monoisotopic (exact) mass is 360 g/mol. The number of thiophene rings is 1. The average molecular weight is 361 g/mol. The highest BCUT2D eigenvalue weighted by atomic mass is 32.2. The molecular formula is C15H28N2O2S2Si. The maximum atomic E-state index is 13.2. The van der Waals surface area contributed by atoms with Crippen LogP contribution in [0, 0.1) is 0 Å². The maximum Gasteiger partial charge on any atom is 0.195 e. The number of methoxy groups -OCH3 is 1. The summed E-state index contributed by atoms with van der Waals surface area (Å²) in [5.74, 6) is 0. The maximum absolute atomic E-state index is 13.2. The van der Waals surface area contributed by atoms with Crippen LogP contribution < -0.4 is 5.14 Å². The minimum absolute atomic E-state index is 0.0292. The number of nitrogens with two attached hydrogens (primary N) is 1. The third-order valence-corrected chi connectivity index (χ3v) is 14.1. The van der Waals surface area contributed by atoms with Crippen molar-refractivity contribution in [2.75, 3.05) is 7.11 Å². The first-order valence-electron chi connectivity index (χ1n) is 7.66. The van der Waals surface area contributed by atoms with Crippen molar-refractivity contribution >= 4 is 29.5 Å². The van der Waals surface area contributed by atoms with Gasteiger partial charge in [0.05, 0.1) is 6.10 Å². The second-order valence-electron chi connectivity index (χ2n) is 7.60. The molecule has 0 saturated heterocycles. The van der Waals surface area contributed by atoms with Gasteiger partial charge in [-0.25, -0.2) is 9.35 Å². The van der Waals surface area contributed by atoms with E-state index < -0.39 is 18.2 Å². The summed E-state index contributed by atoms with van der Waals surface area (Å²) in [4.78, 5) is 0. The lowest BCUT2D eigenvalue weighted by Gasteiger charge is -2.32. The van der Waals surface area contributed by atoms with E-state index in [-0.39, 0.29) is 11.1 Å². The van der Waals surface area contributed by atoms with Crippen molar-refractivity contribution in [2.24, 2.45) is 9.17 Å². The first-order valence-corrected chi connectivity index (χ1v) is 13.1. The number of fused-ring (bicyclic) bond motifs is 1. The summed E-state index contributed by atoms with van der Waals surface area (Å²) < 4.78 is 24.2. The summed E-state index contributed by atoms with van der Waals surface area (Å²) in [5.41, 5.74) is 2.40. The Morgan fingerprint density at radius 2 is 2.09 bits per heavy atom. The highest BCUT2D eigenvalue weighted by molar-refractivity contribution is 7.94. The quantitative estimate of drug-likeness (QED) is 0.829. The van der Waals surface area contributed by atoms with Gasteiger partial charge in [0.25, 0.3) is 0 Å². The second kappa shape index (κ2) is 6.01. The average Bonchev–Trinajstić information content (AvgIpc) is 2.79. The topological polar surface area (TPSA) is 64.7 Å². The Bertz CT molecular complexity index is 668. The van der Waals surface area contributed by atoms with Crippen LogP contribution in [0.3, 0.4) is 0 Å². The van der Waals surface area contributed by atoms with E-state index in [1.165, 1.54) is 16.9 Å². The molecule has 1 aromatic heterocycles. The third-order valence-electron chi connectivity index (χ3n) is 4.91. The van der Waals surface area contributed by atoms with Gasteiger partial charge < -0.3 is 4.74 Å². The minimum Gasteiger partial charge on any atom is -0.381 e. The fourth-order valence-corrected chi connectivity index (χ4v) is 9.04. The SMILES string of the molecule is COC1CCc2csc(S(N)(=O)=N[Si](C)(C)C(C)(C)C)c2C1. The molecule has 0 amide bonds. The van der Waals surface area contributed by atoms with Crippen LogP contribution in [0.5, 0.6) is 0 Å². The van der Waals surface area contributed by atoms with Crippen LogP contribution in [0.1, 0.15) is 38.3 Å². The molecule has 1 heterocycles. The molecule has 2 N–H and O–H groups in total. The molecule has 0 bridgehead atoms. The lowest BCUT2D eigenvalue weighted by atomic mass is 9.93. The Hall–Kier alpha value is -0.213. The first kappa shape index (κ1) is 18.1. The second-order valence-corrected chi connectivity index (χ2v) is 15.6. The number of ether oxygens (including phenoxy) is 1. The zero-order valence-electron chi connectivity index (χ0n) is 14.4. The zero-order chi connectivity index (χ0) is 16.8. The summed E-state index contributed by atoms with van der Waals surface area (Å²) in [7, 11) is -3.16. The van der Waals surface area contributed by atoms with E-state index in [0.717, 1.165) is 29.0 Å². The predicted molar refractivity (Wildman–Crippen MR) is 97.4 cm³/mol. The fourth-order valence-electron chi connectivity index (χ4n) is 2.43. The van der Waals surface area contributed by atoms with Crippen molar-refractivity contribution in [1.29, 1.82) is 0 Å². The third kappa shape index (κ3) is 3.48. The van der Waals surface area contributed by atoms with E-state index >= 15 is 0 Å². The predicted octanol–water partition coefficient (Wildman–Crippen LogP) is 3.96. The van der Waals surface area contributed by atoms with Gasteiger partial charge in [0.15, 0.2) is 8.24 Å². The van der Waals surface area contributed by atoms with E-state index in [0.29, 0.717) is 0 Å². The molecule has 1 aliphatic carbocycles. The van der Waals surface area contributed by atoms with Crippen molar-refractivity contribution in [3.63, 3.8) is 0 Å². The number of nitrogens with zero attached hydrogens (tertiary/aromatic N) is 1. The van der Waals surface area contributed by atoms with Crippen LogP contribution in [0.4, 0.5) is 0 Å². The summed E-state index contributed by atoms with van der Waals surface area (Å²) in [6, 6.07) is 0. The fraction of sp³-hybridized carbons (Fsp3) is 0.733. The van der Waals surface area contributed by atoms with Crippen molar-refractivity contribution in [3.05, 3.63) is 16.5 Å². The van der Waals surface area contributed by atoms with Gasteiger partial charge in [-0.3, -0.25) is 4.03 Å². The number of hydrogen-bond donors (Lipinski definition) is 1. The van der Waals surface area contributed by atoms with Gasteiger partial charge in [-0.15, -0.1) is 11.3 Å². The molecule has 4 nitrogen and oxygen atoms in total. The van der Waals surface area contributed by atoms with Crippen LogP contribution in [-0.4, -0.2) is 25.7 Å². The van der Waals surface area contributed by atoms with E-state index in [1.807, 2.05) is 0 Å². The Morgan fingerprint density at radius 1 is 1.45 bits per heavy atom. The minimum atomic E-state index is -2.83. The summed E-state index contributed by atoms with van der Waals surface area (Å²) in [6.07, 6.45) is 2.99. The molecule has 22 heavy (non-hydrogen) atoms. The molecule has 0 saturated carbocycles. The van der Waals surface area contributed by atoms with E-state index in [4.69, 9.17) is 13.9 Å². The normalized spacial score (nSPS) is 22.0. The smallest absolute Gasteiger partial charge is 0.195 e. The van der Waals surface area contributed by atoms with Gasteiger partial charge in [-0.05, 0) is 47.5 Å². The standard InChI is InChI=1S/C15H28N2O2S2Si/c1-15(2,3)22(5,6)17-21(16,18)14-13-9-12(19-4)8-7-11(13)10-20-14/h10,12H,7-9H2,1-6H3,(H2,16,17,18). The van der Waals surface area contributed by atoms with Gasteiger partial charge in [-0.1, -0.05) is 20.8 Å². The molecule has 7 heteroatoms. The number of rotatable bonds is 3. The van der Waals surface area contributed by atoms with E-state index in [1.54, 1.807) is 7.11 Å². The molecular weight excluding hydrogens is 332 g/mol. The van der Waals surface area contributed by atoms with Crippen molar-refractivity contribution in [3.8, 4) is 0 Å².